The number of methoxy groups -OCH3 is 1. The van der Waals surface area contributed by atoms with Gasteiger partial charge in [-0.3, -0.25) is 10.1 Å². The van der Waals surface area contributed by atoms with Gasteiger partial charge in [0.1, 0.15) is 5.54 Å². The molecule has 16 heavy (non-hydrogen) atoms. The summed E-state index contributed by atoms with van der Waals surface area (Å²) in [6, 6.07) is 0.259. The highest BCUT2D eigenvalue weighted by Crippen LogP contribution is 2.28. The summed E-state index contributed by atoms with van der Waals surface area (Å²) in [5.41, 5.74) is -0.554. The molecule has 0 bridgehead atoms. The van der Waals surface area contributed by atoms with E-state index in [9.17, 15) is 4.79 Å². The van der Waals surface area contributed by atoms with Gasteiger partial charge >= 0.3 is 5.97 Å². The Bertz CT molecular complexity index is 242. The number of carbonyl (C=O) groups is 1. The van der Waals surface area contributed by atoms with E-state index in [1.807, 2.05) is 13.8 Å². The van der Waals surface area contributed by atoms with Crippen LogP contribution in [0.5, 0.6) is 0 Å². The van der Waals surface area contributed by atoms with Crippen molar-refractivity contribution in [2.75, 3.05) is 13.7 Å². The zero-order valence-electron chi connectivity index (χ0n) is 10.7. The molecule has 2 unspecified atom stereocenters. The van der Waals surface area contributed by atoms with Crippen LogP contribution in [0.15, 0.2) is 0 Å². The molecule has 0 aromatic rings. The Labute approximate surface area is 97.7 Å². The Morgan fingerprint density at radius 2 is 2.31 bits per heavy atom. The van der Waals surface area contributed by atoms with Crippen LogP contribution < -0.4 is 5.32 Å². The molecule has 1 aliphatic heterocycles. The molecule has 0 aliphatic carbocycles. The fourth-order valence-electron chi connectivity index (χ4n) is 2.34. The van der Waals surface area contributed by atoms with Crippen molar-refractivity contribution in [3.63, 3.8) is 0 Å². The Morgan fingerprint density at radius 1 is 1.62 bits per heavy atom. The SMILES string of the molecule is CCC1CC(NC(C)C)(C(=O)OC)CCO1. The van der Waals surface area contributed by atoms with Crippen molar-refractivity contribution >= 4 is 5.97 Å². The second-order valence-electron chi connectivity index (χ2n) is 4.73. The largest absolute Gasteiger partial charge is 0.468 e. The number of hydrogen-bond donors (Lipinski definition) is 1. The van der Waals surface area contributed by atoms with Gasteiger partial charge in [-0.05, 0) is 26.7 Å². The normalized spacial score (nSPS) is 30.4. The third kappa shape index (κ3) is 2.95. The lowest BCUT2D eigenvalue weighted by molar-refractivity contribution is -0.156. The lowest BCUT2D eigenvalue weighted by Crippen LogP contribution is -2.59. The van der Waals surface area contributed by atoms with Gasteiger partial charge in [-0.25, -0.2) is 0 Å². The van der Waals surface area contributed by atoms with Gasteiger partial charge in [0.05, 0.1) is 13.2 Å². The van der Waals surface area contributed by atoms with Gasteiger partial charge in [0.2, 0.25) is 0 Å². The molecule has 0 radical (unpaired) electrons. The summed E-state index contributed by atoms with van der Waals surface area (Å²) in [6.45, 7) is 6.78. The first kappa shape index (κ1) is 13.5. The molecule has 4 nitrogen and oxygen atoms in total. The zero-order chi connectivity index (χ0) is 12.2. The van der Waals surface area contributed by atoms with Crippen LogP contribution in [0.3, 0.4) is 0 Å². The summed E-state index contributed by atoms with van der Waals surface area (Å²) >= 11 is 0. The van der Waals surface area contributed by atoms with Crippen molar-refractivity contribution in [2.24, 2.45) is 0 Å². The molecule has 4 heteroatoms. The molecule has 1 fully saturated rings. The predicted molar refractivity (Wildman–Crippen MR) is 62.3 cm³/mol. The first-order chi connectivity index (χ1) is 7.54. The maximum absolute atomic E-state index is 11.9. The van der Waals surface area contributed by atoms with E-state index in [1.54, 1.807) is 0 Å². The summed E-state index contributed by atoms with van der Waals surface area (Å²) in [4.78, 5) is 11.9. The highest BCUT2D eigenvalue weighted by molar-refractivity contribution is 5.81. The van der Waals surface area contributed by atoms with E-state index in [-0.39, 0.29) is 18.1 Å². The highest BCUT2D eigenvalue weighted by atomic mass is 16.5. The minimum Gasteiger partial charge on any atom is -0.468 e. The third-order valence-electron chi connectivity index (χ3n) is 3.05. The first-order valence-electron chi connectivity index (χ1n) is 6.01. The van der Waals surface area contributed by atoms with E-state index in [2.05, 4.69) is 12.2 Å². The van der Waals surface area contributed by atoms with Crippen LogP contribution in [0.4, 0.5) is 0 Å². The van der Waals surface area contributed by atoms with Crippen molar-refractivity contribution in [2.45, 2.75) is 57.7 Å². The molecule has 0 amide bonds. The fourth-order valence-corrected chi connectivity index (χ4v) is 2.34. The Kier molecular flexibility index (Phi) is 4.74. The predicted octanol–water partition coefficient (Wildman–Crippen LogP) is 1.49. The van der Waals surface area contributed by atoms with Crippen LogP contribution in [-0.4, -0.2) is 37.4 Å². The smallest absolute Gasteiger partial charge is 0.326 e. The molecule has 2 atom stereocenters. The van der Waals surface area contributed by atoms with Crippen molar-refractivity contribution < 1.29 is 14.3 Å². The van der Waals surface area contributed by atoms with E-state index < -0.39 is 5.54 Å². The van der Waals surface area contributed by atoms with E-state index in [0.717, 1.165) is 6.42 Å². The van der Waals surface area contributed by atoms with Crippen molar-refractivity contribution in [1.82, 2.24) is 5.32 Å². The lowest BCUT2D eigenvalue weighted by atomic mass is 9.85. The van der Waals surface area contributed by atoms with Crippen LogP contribution in [-0.2, 0) is 14.3 Å². The molecule has 1 N–H and O–H groups in total. The Morgan fingerprint density at radius 3 is 2.81 bits per heavy atom. The van der Waals surface area contributed by atoms with Crippen molar-refractivity contribution in [3.8, 4) is 0 Å². The molecule has 94 valence electrons. The summed E-state index contributed by atoms with van der Waals surface area (Å²) in [5.74, 6) is -0.164. The monoisotopic (exact) mass is 229 g/mol. The van der Waals surface area contributed by atoms with Crippen LogP contribution >= 0.6 is 0 Å². The molecule has 0 saturated carbocycles. The summed E-state index contributed by atoms with van der Waals surface area (Å²) in [5, 5.41) is 3.36. The number of rotatable bonds is 4. The molecular formula is C12H23NO3. The maximum Gasteiger partial charge on any atom is 0.326 e. The summed E-state index contributed by atoms with van der Waals surface area (Å²) in [6.07, 6.45) is 2.47. The van der Waals surface area contributed by atoms with Crippen LogP contribution in [0.2, 0.25) is 0 Å². The summed E-state index contributed by atoms with van der Waals surface area (Å²) < 4.78 is 10.5. The highest BCUT2D eigenvalue weighted by Gasteiger charge is 2.44. The van der Waals surface area contributed by atoms with E-state index in [1.165, 1.54) is 7.11 Å². The lowest BCUT2D eigenvalue weighted by Gasteiger charge is -2.40. The van der Waals surface area contributed by atoms with E-state index in [0.29, 0.717) is 19.4 Å². The van der Waals surface area contributed by atoms with Gasteiger partial charge in [-0.15, -0.1) is 0 Å². The van der Waals surface area contributed by atoms with Crippen molar-refractivity contribution in [3.05, 3.63) is 0 Å². The number of nitrogens with one attached hydrogen (secondary N) is 1. The standard InChI is InChI=1S/C12H23NO3/c1-5-10-8-12(6-7-16-10,11(14)15-4)13-9(2)3/h9-10,13H,5-8H2,1-4H3. The van der Waals surface area contributed by atoms with Crippen molar-refractivity contribution in [1.29, 1.82) is 0 Å². The third-order valence-corrected chi connectivity index (χ3v) is 3.05. The first-order valence-corrected chi connectivity index (χ1v) is 6.01. The van der Waals surface area contributed by atoms with Gasteiger partial charge < -0.3 is 9.47 Å². The number of carbonyl (C=O) groups excluding carboxylic acids is 1. The average Bonchev–Trinajstić information content (AvgIpc) is 2.27. The molecule has 0 aromatic heterocycles. The van der Waals surface area contributed by atoms with E-state index in [4.69, 9.17) is 9.47 Å². The molecule has 1 saturated heterocycles. The quantitative estimate of drug-likeness (QED) is 0.742. The average molecular weight is 229 g/mol. The molecule has 1 aliphatic rings. The van der Waals surface area contributed by atoms with Crippen LogP contribution in [0, 0.1) is 0 Å². The van der Waals surface area contributed by atoms with Gasteiger partial charge in [0.15, 0.2) is 0 Å². The van der Waals surface area contributed by atoms with Gasteiger partial charge in [-0.2, -0.15) is 0 Å². The molecule has 0 spiro atoms. The molecule has 1 rings (SSSR count). The molecule has 0 aromatic carbocycles. The number of ether oxygens (including phenoxy) is 2. The van der Waals surface area contributed by atoms with Gasteiger partial charge in [-0.1, -0.05) is 6.92 Å². The Balaban J connectivity index is 2.80. The molecular weight excluding hydrogens is 206 g/mol. The second kappa shape index (κ2) is 5.64. The molecule has 1 heterocycles. The zero-order valence-corrected chi connectivity index (χ0v) is 10.7. The second-order valence-corrected chi connectivity index (χ2v) is 4.73. The minimum atomic E-state index is -0.554. The van der Waals surface area contributed by atoms with Gasteiger partial charge in [0, 0.05) is 19.1 Å². The van der Waals surface area contributed by atoms with Gasteiger partial charge in [0.25, 0.3) is 0 Å². The Hall–Kier alpha value is -0.610. The number of esters is 1. The van der Waals surface area contributed by atoms with E-state index >= 15 is 0 Å². The van der Waals surface area contributed by atoms with Crippen LogP contribution in [0.25, 0.3) is 0 Å². The minimum absolute atomic E-state index is 0.152. The summed E-state index contributed by atoms with van der Waals surface area (Å²) in [7, 11) is 1.45. The maximum atomic E-state index is 11.9. The number of hydrogen-bond acceptors (Lipinski definition) is 4. The topological polar surface area (TPSA) is 47.6 Å². The fraction of sp³-hybridized carbons (Fsp3) is 0.917. The van der Waals surface area contributed by atoms with Crippen LogP contribution in [0.1, 0.15) is 40.0 Å².